The van der Waals surface area contributed by atoms with E-state index in [1.807, 2.05) is 0 Å². The molecule has 2 aliphatic rings. The maximum Gasteiger partial charge on any atom is 0.335 e. The largest absolute Gasteiger partial charge is 0.478 e. The lowest BCUT2D eigenvalue weighted by Crippen LogP contribution is -2.32. The summed E-state index contributed by atoms with van der Waals surface area (Å²) >= 11 is 0. The first-order valence-electron chi connectivity index (χ1n) is 8.80. The van der Waals surface area contributed by atoms with Crippen LogP contribution in [0.3, 0.4) is 0 Å². The maximum absolute atomic E-state index is 12.7. The van der Waals surface area contributed by atoms with Gasteiger partial charge in [-0.3, -0.25) is 0 Å². The first kappa shape index (κ1) is 19.1. The van der Waals surface area contributed by atoms with Crippen molar-refractivity contribution in [2.75, 3.05) is 31.6 Å². The number of anilines is 1. The summed E-state index contributed by atoms with van der Waals surface area (Å²) in [4.78, 5) is 11.2. The van der Waals surface area contributed by atoms with Crippen LogP contribution in [-0.4, -0.2) is 58.0 Å². The molecule has 2 atom stereocenters. The van der Waals surface area contributed by atoms with Gasteiger partial charge in [0.2, 0.25) is 10.0 Å². The number of carboxylic acids is 1. The SMILES string of the molecule is O=C(O)c1ccc(NC[C@@H]2CCCO2)c(S(=O)(=O)NC[C@H]2CCCO2)c1. The van der Waals surface area contributed by atoms with Gasteiger partial charge in [-0.15, -0.1) is 0 Å². The van der Waals surface area contributed by atoms with E-state index in [0.29, 0.717) is 25.4 Å². The standard InChI is InChI=1S/C17H24N2O6S/c20-17(21)12-5-6-15(18-10-13-3-1-7-24-13)16(9-12)26(22,23)19-11-14-4-2-8-25-14/h5-6,9,13-14,18-19H,1-4,7-8,10-11H2,(H,20,21)/t13-,14+/m0/s1. The number of sulfonamides is 1. The Morgan fingerprint density at radius 3 is 2.35 bits per heavy atom. The molecule has 2 aliphatic heterocycles. The molecule has 0 unspecified atom stereocenters. The quantitative estimate of drug-likeness (QED) is 0.621. The molecule has 2 fully saturated rings. The Kier molecular flexibility index (Phi) is 6.13. The van der Waals surface area contributed by atoms with Crippen molar-refractivity contribution >= 4 is 21.7 Å². The molecule has 3 N–H and O–H groups in total. The van der Waals surface area contributed by atoms with E-state index in [4.69, 9.17) is 9.47 Å². The lowest BCUT2D eigenvalue weighted by atomic mass is 10.2. The van der Waals surface area contributed by atoms with Crippen LogP contribution in [0.25, 0.3) is 0 Å². The highest BCUT2D eigenvalue weighted by molar-refractivity contribution is 7.89. The van der Waals surface area contributed by atoms with Gasteiger partial charge in [-0.2, -0.15) is 0 Å². The second-order valence-electron chi connectivity index (χ2n) is 6.52. The molecule has 1 aromatic carbocycles. The Morgan fingerprint density at radius 2 is 1.77 bits per heavy atom. The highest BCUT2D eigenvalue weighted by Gasteiger charge is 2.24. The number of nitrogens with one attached hydrogen (secondary N) is 2. The van der Waals surface area contributed by atoms with E-state index in [2.05, 4.69) is 10.0 Å². The topological polar surface area (TPSA) is 114 Å². The Balaban J connectivity index is 1.78. The highest BCUT2D eigenvalue weighted by atomic mass is 32.2. The van der Waals surface area contributed by atoms with E-state index in [0.717, 1.165) is 25.7 Å². The smallest absolute Gasteiger partial charge is 0.335 e. The van der Waals surface area contributed by atoms with Crippen molar-refractivity contribution in [1.82, 2.24) is 4.72 Å². The summed E-state index contributed by atoms with van der Waals surface area (Å²) in [6.07, 6.45) is 3.51. The van der Waals surface area contributed by atoms with Gasteiger partial charge in [0.1, 0.15) is 4.90 Å². The molecule has 1 aromatic rings. The molecule has 0 radical (unpaired) electrons. The second-order valence-corrected chi connectivity index (χ2v) is 8.25. The van der Waals surface area contributed by atoms with Gasteiger partial charge in [0.15, 0.2) is 0 Å². The first-order valence-corrected chi connectivity index (χ1v) is 10.3. The molecule has 0 amide bonds. The fourth-order valence-corrected chi connectivity index (χ4v) is 4.41. The average Bonchev–Trinajstić information content (AvgIpc) is 3.31. The normalized spacial score (nSPS) is 23.2. The minimum atomic E-state index is -3.88. The highest BCUT2D eigenvalue weighted by Crippen LogP contribution is 2.24. The number of hydrogen-bond donors (Lipinski definition) is 3. The van der Waals surface area contributed by atoms with Gasteiger partial charge in [0.05, 0.1) is 23.5 Å². The van der Waals surface area contributed by atoms with E-state index in [1.54, 1.807) is 0 Å². The molecule has 3 rings (SSSR count). The molecule has 0 aromatic heterocycles. The van der Waals surface area contributed by atoms with Gasteiger partial charge < -0.3 is 19.9 Å². The first-order chi connectivity index (χ1) is 12.5. The molecule has 0 spiro atoms. The van der Waals surface area contributed by atoms with Crippen molar-refractivity contribution in [2.45, 2.75) is 42.8 Å². The van der Waals surface area contributed by atoms with E-state index >= 15 is 0 Å². The summed E-state index contributed by atoms with van der Waals surface area (Å²) in [5.74, 6) is -1.17. The number of ether oxygens (including phenoxy) is 2. The lowest BCUT2D eigenvalue weighted by Gasteiger charge is -2.17. The van der Waals surface area contributed by atoms with Crippen LogP contribution in [0, 0.1) is 0 Å². The van der Waals surface area contributed by atoms with Crippen LogP contribution >= 0.6 is 0 Å². The Hall–Kier alpha value is -1.68. The zero-order valence-electron chi connectivity index (χ0n) is 14.4. The van der Waals surface area contributed by atoms with Crippen LogP contribution in [0.1, 0.15) is 36.0 Å². The second kappa shape index (κ2) is 8.34. The van der Waals surface area contributed by atoms with E-state index in [-0.39, 0.29) is 29.2 Å². The number of benzene rings is 1. The lowest BCUT2D eigenvalue weighted by molar-refractivity contribution is 0.0696. The summed E-state index contributed by atoms with van der Waals surface area (Å²) in [6.45, 7) is 1.99. The fraction of sp³-hybridized carbons (Fsp3) is 0.588. The van der Waals surface area contributed by atoms with Crippen LogP contribution in [-0.2, 0) is 19.5 Å². The van der Waals surface area contributed by atoms with Crippen LogP contribution in [0.15, 0.2) is 23.1 Å². The minimum Gasteiger partial charge on any atom is -0.478 e. The van der Waals surface area contributed by atoms with Crippen LogP contribution in [0.5, 0.6) is 0 Å². The number of hydrogen-bond acceptors (Lipinski definition) is 6. The number of carboxylic acid groups (broad SMARTS) is 1. The third-order valence-corrected chi connectivity index (χ3v) is 6.05. The Morgan fingerprint density at radius 1 is 1.12 bits per heavy atom. The Bertz CT molecular complexity index is 740. The van der Waals surface area contributed by atoms with Crippen molar-refractivity contribution in [1.29, 1.82) is 0 Å². The van der Waals surface area contributed by atoms with Crippen LogP contribution in [0.2, 0.25) is 0 Å². The van der Waals surface area contributed by atoms with Crippen molar-refractivity contribution in [3.63, 3.8) is 0 Å². The van der Waals surface area contributed by atoms with E-state index < -0.39 is 16.0 Å². The molecule has 144 valence electrons. The van der Waals surface area contributed by atoms with Crippen molar-refractivity contribution < 1.29 is 27.8 Å². The molecule has 26 heavy (non-hydrogen) atoms. The molecule has 8 nitrogen and oxygen atoms in total. The third kappa shape index (κ3) is 4.73. The van der Waals surface area contributed by atoms with Crippen LogP contribution < -0.4 is 10.0 Å². The predicted octanol–water partition coefficient (Wildman–Crippen LogP) is 1.43. The van der Waals surface area contributed by atoms with Gasteiger partial charge in [-0.25, -0.2) is 17.9 Å². The molecule has 0 bridgehead atoms. The number of carbonyl (C=O) groups is 1. The monoisotopic (exact) mass is 384 g/mol. The molecular formula is C17H24N2O6S. The maximum atomic E-state index is 12.7. The van der Waals surface area contributed by atoms with Crippen molar-refractivity contribution in [3.05, 3.63) is 23.8 Å². The van der Waals surface area contributed by atoms with Gasteiger partial charge >= 0.3 is 5.97 Å². The minimum absolute atomic E-state index is 0.0320. The number of rotatable bonds is 8. The van der Waals surface area contributed by atoms with Crippen molar-refractivity contribution in [2.24, 2.45) is 0 Å². The summed E-state index contributed by atoms with van der Waals surface area (Å²) in [7, 11) is -3.88. The fourth-order valence-electron chi connectivity index (χ4n) is 3.14. The predicted molar refractivity (Wildman–Crippen MR) is 95.0 cm³/mol. The summed E-state index contributed by atoms with van der Waals surface area (Å²) in [5.41, 5.74) is 0.287. The summed E-state index contributed by atoms with van der Waals surface area (Å²) in [6, 6.07) is 4.05. The molecule has 2 saturated heterocycles. The zero-order chi connectivity index (χ0) is 18.6. The molecule has 0 saturated carbocycles. The third-order valence-electron chi connectivity index (χ3n) is 4.59. The van der Waals surface area contributed by atoms with Gasteiger partial charge in [-0.05, 0) is 43.9 Å². The van der Waals surface area contributed by atoms with E-state index in [9.17, 15) is 18.3 Å². The Labute approximate surface area is 152 Å². The van der Waals surface area contributed by atoms with Gasteiger partial charge in [-0.1, -0.05) is 0 Å². The molecule has 9 heteroatoms. The van der Waals surface area contributed by atoms with Crippen LogP contribution in [0.4, 0.5) is 5.69 Å². The number of aromatic carboxylic acids is 1. The van der Waals surface area contributed by atoms with Gasteiger partial charge in [0.25, 0.3) is 0 Å². The molecular weight excluding hydrogens is 360 g/mol. The van der Waals surface area contributed by atoms with Gasteiger partial charge in [0, 0.05) is 26.3 Å². The summed E-state index contributed by atoms with van der Waals surface area (Å²) in [5, 5.41) is 12.3. The molecule has 2 heterocycles. The molecule has 0 aliphatic carbocycles. The zero-order valence-corrected chi connectivity index (χ0v) is 15.3. The average molecular weight is 384 g/mol. The van der Waals surface area contributed by atoms with Crippen molar-refractivity contribution in [3.8, 4) is 0 Å². The summed E-state index contributed by atoms with van der Waals surface area (Å²) < 4.78 is 39.0. The van der Waals surface area contributed by atoms with E-state index in [1.165, 1.54) is 18.2 Å².